The minimum Gasteiger partial charge on any atom is -0.444 e. The third-order valence-corrected chi connectivity index (χ3v) is 2.07. The second-order valence-corrected chi connectivity index (χ2v) is 3.30. The van der Waals surface area contributed by atoms with Crippen LogP contribution in [0.4, 0.5) is 0 Å². The molecule has 4 nitrogen and oxygen atoms in total. The van der Waals surface area contributed by atoms with Crippen molar-refractivity contribution >= 4 is 0 Å². The summed E-state index contributed by atoms with van der Waals surface area (Å²) in [5, 5.41) is 0. The molecule has 0 aliphatic carbocycles. The number of hydrogen-bond donors (Lipinski definition) is 1. The molecule has 1 aromatic heterocycles. The molecule has 2 rings (SSSR count). The zero-order chi connectivity index (χ0) is 10.7. The molecule has 2 aromatic rings. The monoisotopic (exact) mass is 204 g/mol. The molecular formula is C11H12N2O2. The van der Waals surface area contributed by atoms with Crippen molar-refractivity contribution in [1.82, 2.24) is 4.98 Å². The first-order chi connectivity index (χ1) is 7.29. The standard InChI is InChI=1S/C11H12N2O2/c1-8-6-14-11(13-8)10-4-2-9(3-5-10)7-15-12/h2-6H,7,12H2,1H3. The van der Waals surface area contributed by atoms with Crippen LogP contribution in [-0.2, 0) is 11.4 Å². The highest BCUT2D eigenvalue weighted by Crippen LogP contribution is 2.18. The molecule has 0 saturated heterocycles. The highest BCUT2D eigenvalue weighted by atomic mass is 16.6. The van der Waals surface area contributed by atoms with Crippen molar-refractivity contribution in [2.24, 2.45) is 5.90 Å². The number of oxazole rings is 1. The van der Waals surface area contributed by atoms with Crippen molar-refractivity contribution < 1.29 is 9.25 Å². The smallest absolute Gasteiger partial charge is 0.226 e. The fraction of sp³-hybridized carbons (Fsp3) is 0.182. The Balaban J connectivity index is 2.23. The molecule has 0 fully saturated rings. The number of rotatable bonds is 3. The van der Waals surface area contributed by atoms with Crippen LogP contribution in [0.15, 0.2) is 34.9 Å². The maximum Gasteiger partial charge on any atom is 0.226 e. The van der Waals surface area contributed by atoms with Crippen molar-refractivity contribution in [3.05, 3.63) is 41.8 Å². The average molecular weight is 204 g/mol. The average Bonchev–Trinajstić information content (AvgIpc) is 2.67. The van der Waals surface area contributed by atoms with Crippen LogP contribution in [0, 0.1) is 6.92 Å². The summed E-state index contributed by atoms with van der Waals surface area (Å²) in [6.45, 7) is 2.30. The highest BCUT2D eigenvalue weighted by molar-refractivity contribution is 5.53. The van der Waals surface area contributed by atoms with Crippen LogP contribution >= 0.6 is 0 Å². The molecule has 1 heterocycles. The SMILES string of the molecule is Cc1coc(-c2ccc(CON)cc2)n1. The van der Waals surface area contributed by atoms with Gasteiger partial charge in [-0.1, -0.05) is 12.1 Å². The van der Waals surface area contributed by atoms with Crippen LogP contribution in [0.1, 0.15) is 11.3 Å². The molecule has 0 radical (unpaired) electrons. The van der Waals surface area contributed by atoms with Gasteiger partial charge in [-0.15, -0.1) is 0 Å². The van der Waals surface area contributed by atoms with Gasteiger partial charge in [0.25, 0.3) is 0 Å². The van der Waals surface area contributed by atoms with Gasteiger partial charge in [0.1, 0.15) is 6.26 Å². The van der Waals surface area contributed by atoms with Crippen molar-refractivity contribution in [1.29, 1.82) is 0 Å². The lowest BCUT2D eigenvalue weighted by Crippen LogP contribution is -1.98. The van der Waals surface area contributed by atoms with Crippen LogP contribution < -0.4 is 5.90 Å². The van der Waals surface area contributed by atoms with E-state index in [0.717, 1.165) is 16.8 Å². The highest BCUT2D eigenvalue weighted by Gasteiger charge is 2.03. The lowest BCUT2D eigenvalue weighted by atomic mass is 10.1. The lowest BCUT2D eigenvalue weighted by Gasteiger charge is -1.99. The summed E-state index contributed by atoms with van der Waals surface area (Å²) in [6.07, 6.45) is 1.63. The molecular weight excluding hydrogens is 192 g/mol. The Morgan fingerprint density at radius 1 is 1.33 bits per heavy atom. The van der Waals surface area contributed by atoms with Crippen LogP contribution in [0.3, 0.4) is 0 Å². The second-order valence-electron chi connectivity index (χ2n) is 3.30. The molecule has 0 atom stereocenters. The summed E-state index contributed by atoms with van der Waals surface area (Å²) in [5.74, 6) is 5.61. The molecule has 0 unspecified atom stereocenters. The number of hydrogen-bond acceptors (Lipinski definition) is 4. The molecule has 0 aliphatic rings. The molecule has 0 amide bonds. The largest absolute Gasteiger partial charge is 0.444 e. The Morgan fingerprint density at radius 2 is 2.07 bits per heavy atom. The van der Waals surface area contributed by atoms with E-state index in [2.05, 4.69) is 9.82 Å². The number of aryl methyl sites for hydroxylation is 1. The van der Waals surface area contributed by atoms with Gasteiger partial charge in [-0.25, -0.2) is 10.9 Å². The zero-order valence-electron chi connectivity index (χ0n) is 8.43. The van der Waals surface area contributed by atoms with Gasteiger partial charge in [0, 0.05) is 5.56 Å². The molecule has 15 heavy (non-hydrogen) atoms. The van der Waals surface area contributed by atoms with Crippen LogP contribution in [0.2, 0.25) is 0 Å². The minimum absolute atomic E-state index is 0.408. The summed E-state index contributed by atoms with van der Waals surface area (Å²) in [7, 11) is 0. The third-order valence-electron chi connectivity index (χ3n) is 2.07. The Morgan fingerprint density at radius 3 is 2.60 bits per heavy atom. The van der Waals surface area contributed by atoms with E-state index in [1.54, 1.807) is 6.26 Å². The summed E-state index contributed by atoms with van der Waals surface area (Å²) in [4.78, 5) is 8.77. The Bertz CT molecular complexity index is 434. The van der Waals surface area contributed by atoms with Gasteiger partial charge in [0.15, 0.2) is 0 Å². The quantitative estimate of drug-likeness (QED) is 0.777. The fourth-order valence-corrected chi connectivity index (χ4v) is 1.33. The van der Waals surface area contributed by atoms with E-state index < -0.39 is 0 Å². The van der Waals surface area contributed by atoms with E-state index in [0.29, 0.717) is 12.5 Å². The third kappa shape index (κ3) is 2.23. The van der Waals surface area contributed by atoms with Crippen LogP contribution in [0.25, 0.3) is 11.5 Å². The van der Waals surface area contributed by atoms with E-state index in [9.17, 15) is 0 Å². The summed E-state index contributed by atoms with van der Waals surface area (Å²) in [6, 6.07) is 7.72. The summed E-state index contributed by atoms with van der Waals surface area (Å²) < 4.78 is 5.28. The van der Waals surface area contributed by atoms with Gasteiger partial charge in [-0.05, 0) is 24.6 Å². The Kier molecular flexibility index (Phi) is 2.80. The first-order valence-corrected chi connectivity index (χ1v) is 4.63. The molecule has 1 aromatic carbocycles. The molecule has 0 bridgehead atoms. The first-order valence-electron chi connectivity index (χ1n) is 4.63. The maximum atomic E-state index is 5.28. The van der Waals surface area contributed by atoms with Crippen molar-refractivity contribution in [3.8, 4) is 11.5 Å². The van der Waals surface area contributed by atoms with Crippen LogP contribution in [-0.4, -0.2) is 4.98 Å². The van der Waals surface area contributed by atoms with E-state index in [1.165, 1.54) is 0 Å². The van der Waals surface area contributed by atoms with E-state index in [-0.39, 0.29) is 0 Å². The van der Waals surface area contributed by atoms with Crippen molar-refractivity contribution in [2.45, 2.75) is 13.5 Å². The molecule has 0 spiro atoms. The topological polar surface area (TPSA) is 61.3 Å². The fourth-order valence-electron chi connectivity index (χ4n) is 1.33. The first kappa shape index (κ1) is 9.89. The van der Waals surface area contributed by atoms with Gasteiger partial charge in [-0.2, -0.15) is 0 Å². The van der Waals surface area contributed by atoms with Gasteiger partial charge in [0.05, 0.1) is 12.3 Å². The predicted octanol–water partition coefficient (Wildman–Crippen LogP) is 2.04. The van der Waals surface area contributed by atoms with Crippen molar-refractivity contribution in [3.63, 3.8) is 0 Å². The Hall–Kier alpha value is -1.65. The van der Waals surface area contributed by atoms with Crippen molar-refractivity contribution in [2.75, 3.05) is 0 Å². The Labute approximate surface area is 87.6 Å². The molecule has 4 heteroatoms. The maximum absolute atomic E-state index is 5.28. The normalized spacial score (nSPS) is 10.5. The van der Waals surface area contributed by atoms with Gasteiger partial charge in [0.2, 0.25) is 5.89 Å². The molecule has 0 saturated carbocycles. The lowest BCUT2D eigenvalue weighted by molar-refractivity contribution is 0.124. The van der Waals surface area contributed by atoms with Gasteiger partial charge >= 0.3 is 0 Å². The number of benzene rings is 1. The summed E-state index contributed by atoms with van der Waals surface area (Å²) in [5.41, 5.74) is 2.84. The van der Waals surface area contributed by atoms with Gasteiger partial charge in [-0.3, -0.25) is 4.84 Å². The van der Waals surface area contributed by atoms with Crippen LogP contribution in [0.5, 0.6) is 0 Å². The number of nitrogens with zero attached hydrogens (tertiary/aromatic N) is 1. The molecule has 78 valence electrons. The molecule has 2 N–H and O–H groups in total. The minimum atomic E-state index is 0.408. The summed E-state index contributed by atoms with van der Waals surface area (Å²) >= 11 is 0. The predicted molar refractivity (Wildman–Crippen MR) is 55.7 cm³/mol. The number of nitrogens with two attached hydrogens (primary N) is 1. The second kappa shape index (κ2) is 4.25. The van der Waals surface area contributed by atoms with E-state index in [4.69, 9.17) is 10.3 Å². The zero-order valence-corrected chi connectivity index (χ0v) is 8.43. The molecule has 0 aliphatic heterocycles. The number of aromatic nitrogens is 1. The van der Waals surface area contributed by atoms with Gasteiger partial charge < -0.3 is 4.42 Å². The van der Waals surface area contributed by atoms with E-state index in [1.807, 2.05) is 31.2 Å². The van der Waals surface area contributed by atoms with E-state index >= 15 is 0 Å².